The van der Waals surface area contributed by atoms with Crippen LogP contribution >= 0.6 is 0 Å². The van der Waals surface area contributed by atoms with Gasteiger partial charge in [-0.15, -0.1) is 0 Å². The fourth-order valence-electron chi connectivity index (χ4n) is 2.40. The monoisotopic (exact) mass is 267 g/mol. The summed E-state index contributed by atoms with van der Waals surface area (Å²) in [6, 6.07) is 18.8. The van der Waals surface area contributed by atoms with Crippen molar-refractivity contribution >= 4 is 0 Å². The number of rotatable bonds is 5. The van der Waals surface area contributed by atoms with E-state index in [1.165, 1.54) is 12.0 Å². The van der Waals surface area contributed by atoms with Crippen LogP contribution < -0.4 is 10.1 Å². The smallest absolute Gasteiger partial charge is 0.127 e. The molecule has 0 amide bonds. The highest BCUT2D eigenvalue weighted by Gasteiger charge is 2.44. The maximum atomic E-state index is 5.85. The molecular weight excluding hydrogens is 246 g/mol. The van der Waals surface area contributed by atoms with Crippen LogP contribution in [0.25, 0.3) is 0 Å². The molecule has 0 heterocycles. The molecule has 2 aromatic rings. The average molecular weight is 267 g/mol. The predicted octanol–water partition coefficient (Wildman–Crippen LogP) is 4.37. The lowest BCUT2D eigenvalue weighted by Gasteiger charge is -2.09. The topological polar surface area (TPSA) is 21.3 Å². The van der Waals surface area contributed by atoms with E-state index in [9.17, 15) is 0 Å². The number of benzene rings is 2. The van der Waals surface area contributed by atoms with E-state index in [-0.39, 0.29) is 0 Å². The second-order valence-electron chi connectivity index (χ2n) is 6.19. The number of nitrogens with one attached hydrogen (secondary N) is 1. The van der Waals surface area contributed by atoms with Gasteiger partial charge in [-0.25, -0.2) is 0 Å². The molecule has 2 heteroatoms. The van der Waals surface area contributed by atoms with E-state index in [1.807, 2.05) is 42.5 Å². The Labute approximate surface area is 120 Å². The van der Waals surface area contributed by atoms with Gasteiger partial charge in [0, 0.05) is 12.6 Å². The molecule has 0 radical (unpaired) electrons. The van der Waals surface area contributed by atoms with Gasteiger partial charge >= 0.3 is 0 Å². The maximum Gasteiger partial charge on any atom is 0.127 e. The summed E-state index contributed by atoms with van der Waals surface area (Å²) in [5, 5.41) is 3.60. The fourth-order valence-corrected chi connectivity index (χ4v) is 2.40. The van der Waals surface area contributed by atoms with Crippen molar-refractivity contribution < 1.29 is 4.74 Å². The minimum Gasteiger partial charge on any atom is -0.457 e. The highest BCUT2D eigenvalue weighted by Crippen LogP contribution is 2.44. The second-order valence-corrected chi connectivity index (χ2v) is 6.19. The van der Waals surface area contributed by atoms with Crippen LogP contribution in [-0.4, -0.2) is 6.04 Å². The molecule has 0 saturated heterocycles. The molecule has 2 aromatic carbocycles. The van der Waals surface area contributed by atoms with E-state index in [0.29, 0.717) is 11.5 Å². The number of para-hydroxylation sites is 1. The number of hydrogen-bond acceptors (Lipinski definition) is 2. The zero-order valence-electron chi connectivity index (χ0n) is 12.1. The molecule has 2 nitrogen and oxygen atoms in total. The van der Waals surface area contributed by atoms with Gasteiger partial charge in [0.2, 0.25) is 0 Å². The SMILES string of the molecule is CC1(C)CC1NCc1cccc(Oc2ccccc2)c1. The Kier molecular flexibility index (Phi) is 3.49. The molecule has 1 saturated carbocycles. The van der Waals surface area contributed by atoms with Crippen molar-refractivity contribution in [1.29, 1.82) is 0 Å². The molecule has 3 rings (SSSR count). The molecule has 1 unspecified atom stereocenters. The van der Waals surface area contributed by atoms with Gasteiger partial charge < -0.3 is 10.1 Å². The Morgan fingerprint density at radius 2 is 1.75 bits per heavy atom. The lowest BCUT2D eigenvalue weighted by molar-refractivity contribution is 0.481. The van der Waals surface area contributed by atoms with E-state index in [4.69, 9.17) is 4.74 Å². The van der Waals surface area contributed by atoms with Crippen molar-refractivity contribution in [2.24, 2.45) is 5.41 Å². The highest BCUT2D eigenvalue weighted by molar-refractivity contribution is 5.33. The van der Waals surface area contributed by atoms with Crippen molar-refractivity contribution in [3.8, 4) is 11.5 Å². The van der Waals surface area contributed by atoms with E-state index in [0.717, 1.165) is 18.0 Å². The maximum absolute atomic E-state index is 5.85. The lowest BCUT2D eigenvalue weighted by Crippen LogP contribution is -2.19. The third-order valence-electron chi connectivity index (χ3n) is 3.94. The summed E-state index contributed by atoms with van der Waals surface area (Å²) in [5.74, 6) is 1.77. The van der Waals surface area contributed by atoms with Crippen LogP contribution in [0.1, 0.15) is 25.8 Å². The number of ether oxygens (including phenoxy) is 1. The summed E-state index contributed by atoms with van der Waals surface area (Å²) in [6.07, 6.45) is 1.27. The standard InChI is InChI=1S/C18H21NO/c1-18(2)12-17(18)19-13-14-7-6-10-16(11-14)20-15-8-4-3-5-9-15/h3-11,17,19H,12-13H2,1-2H3. The van der Waals surface area contributed by atoms with E-state index < -0.39 is 0 Å². The molecule has 0 spiro atoms. The average Bonchev–Trinajstić information content (AvgIpc) is 3.06. The van der Waals surface area contributed by atoms with Crippen molar-refractivity contribution in [2.45, 2.75) is 32.9 Å². The van der Waals surface area contributed by atoms with Gasteiger partial charge in [0.15, 0.2) is 0 Å². The van der Waals surface area contributed by atoms with E-state index >= 15 is 0 Å². The first-order valence-corrected chi connectivity index (χ1v) is 7.19. The molecule has 1 aliphatic carbocycles. The van der Waals surface area contributed by atoms with Crippen LogP contribution in [0.15, 0.2) is 54.6 Å². The van der Waals surface area contributed by atoms with Crippen molar-refractivity contribution in [3.05, 3.63) is 60.2 Å². The zero-order valence-corrected chi connectivity index (χ0v) is 12.1. The molecule has 20 heavy (non-hydrogen) atoms. The van der Waals surface area contributed by atoms with Gasteiger partial charge in [0.1, 0.15) is 11.5 Å². The first kappa shape index (κ1) is 13.2. The summed E-state index contributed by atoms with van der Waals surface area (Å²) >= 11 is 0. The largest absolute Gasteiger partial charge is 0.457 e. The van der Waals surface area contributed by atoms with Crippen LogP contribution in [0.3, 0.4) is 0 Å². The Morgan fingerprint density at radius 1 is 1.05 bits per heavy atom. The summed E-state index contributed by atoms with van der Waals surface area (Å²) in [7, 11) is 0. The normalized spacial score (nSPS) is 19.6. The molecule has 1 N–H and O–H groups in total. The molecular formula is C18H21NO. The Balaban J connectivity index is 1.61. The van der Waals surface area contributed by atoms with E-state index in [1.54, 1.807) is 0 Å². The van der Waals surface area contributed by atoms with Crippen LogP contribution in [0.2, 0.25) is 0 Å². The van der Waals surface area contributed by atoms with Crippen LogP contribution in [0.4, 0.5) is 0 Å². The third-order valence-corrected chi connectivity index (χ3v) is 3.94. The van der Waals surface area contributed by atoms with Gasteiger partial charge in [0.25, 0.3) is 0 Å². The summed E-state index contributed by atoms with van der Waals surface area (Å²) in [6.45, 7) is 5.51. The predicted molar refractivity (Wildman–Crippen MR) is 82.0 cm³/mol. The second kappa shape index (κ2) is 5.29. The third kappa shape index (κ3) is 3.20. The molecule has 0 aliphatic heterocycles. The highest BCUT2D eigenvalue weighted by atomic mass is 16.5. The lowest BCUT2D eigenvalue weighted by atomic mass is 10.1. The van der Waals surface area contributed by atoms with Gasteiger partial charge in [-0.05, 0) is 41.7 Å². The van der Waals surface area contributed by atoms with Gasteiger partial charge in [-0.3, -0.25) is 0 Å². The Hall–Kier alpha value is -1.80. The van der Waals surface area contributed by atoms with Gasteiger partial charge in [-0.1, -0.05) is 44.2 Å². The first-order valence-electron chi connectivity index (χ1n) is 7.19. The molecule has 1 aliphatic rings. The van der Waals surface area contributed by atoms with Crippen LogP contribution in [0.5, 0.6) is 11.5 Å². The summed E-state index contributed by atoms with van der Waals surface area (Å²) < 4.78 is 5.85. The Morgan fingerprint density at radius 3 is 2.45 bits per heavy atom. The van der Waals surface area contributed by atoms with Crippen LogP contribution in [0, 0.1) is 5.41 Å². The summed E-state index contributed by atoms with van der Waals surface area (Å²) in [5.41, 5.74) is 1.74. The van der Waals surface area contributed by atoms with Crippen molar-refractivity contribution in [2.75, 3.05) is 0 Å². The Bertz CT molecular complexity index is 577. The molecule has 1 atom stereocenters. The van der Waals surface area contributed by atoms with E-state index in [2.05, 4.69) is 31.3 Å². The zero-order chi connectivity index (χ0) is 14.0. The first-order chi connectivity index (χ1) is 9.63. The van der Waals surface area contributed by atoms with Gasteiger partial charge in [0.05, 0.1) is 0 Å². The van der Waals surface area contributed by atoms with Crippen molar-refractivity contribution in [3.63, 3.8) is 0 Å². The molecule has 1 fully saturated rings. The fraction of sp³-hybridized carbons (Fsp3) is 0.333. The number of hydrogen-bond donors (Lipinski definition) is 1. The molecule has 104 valence electrons. The van der Waals surface area contributed by atoms with Crippen LogP contribution in [-0.2, 0) is 6.54 Å². The minimum absolute atomic E-state index is 0.470. The summed E-state index contributed by atoms with van der Waals surface area (Å²) in [4.78, 5) is 0. The minimum atomic E-state index is 0.470. The van der Waals surface area contributed by atoms with Gasteiger partial charge in [-0.2, -0.15) is 0 Å². The quantitative estimate of drug-likeness (QED) is 0.868. The molecule has 0 bridgehead atoms. The van der Waals surface area contributed by atoms with Crippen molar-refractivity contribution in [1.82, 2.24) is 5.32 Å². The molecule has 0 aromatic heterocycles.